The molecule has 3 aromatic carbocycles. The Morgan fingerprint density at radius 2 is 1.59 bits per heavy atom. The number of aromatic carboxylic acids is 1. The van der Waals surface area contributed by atoms with Crippen molar-refractivity contribution in [2.24, 2.45) is 0 Å². The highest BCUT2D eigenvalue weighted by Crippen LogP contribution is 2.44. The topological polar surface area (TPSA) is 125 Å². The normalized spacial score (nSPS) is 12.9. The first-order valence-corrected chi connectivity index (χ1v) is 10.8. The Hall–Kier alpha value is -4.33. The molecule has 8 heteroatoms. The summed E-state index contributed by atoms with van der Waals surface area (Å²) in [6, 6.07) is 19.3. The minimum Gasteiger partial charge on any atom is -0.507 e. The van der Waals surface area contributed by atoms with Gasteiger partial charge >= 0.3 is 12.1 Å². The van der Waals surface area contributed by atoms with Crippen LogP contribution in [0, 0.1) is 0 Å². The highest BCUT2D eigenvalue weighted by molar-refractivity contribution is 5.94. The summed E-state index contributed by atoms with van der Waals surface area (Å²) in [5.74, 6) is -2.18. The van der Waals surface area contributed by atoms with E-state index in [4.69, 9.17) is 9.84 Å². The van der Waals surface area contributed by atoms with E-state index in [9.17, 15) is 19.5 Å². The van der Waals surface area contributed by atoms with Crippen LogP contribution in [-0.4, -0.2) is 40.8 Å². The number of carboxylic acids is 1. The van der Waals surface area contributed by atoms with Crippen LogP contribution in [0.25, 0.3) is 11.1 Å². The number of alkyl carbamates (subject to hydrolysis) is 1. The van der Waals surface area contributed by atoms with E-state index in [1.54, 1.807) is 6.92 Å². The number of ether oxygens (including phenoxy) is 1. The molecule has 4 rings (SSSR count). The fourth-order valence-electron chi connectivity index (χ4n) is 4.17. The standard InChI is InChI=1S/C26H24N2O6/c1-15(12-24(30)28-16-10-11-21(25(31)32)23(29)13-16)27-26(33)34-14-22-19-8-4-2-6-17(19)18-7-3-5-9-20(18)22/h2-11,13,15,22,29H,12,14H2,1H3,(H,27,33)(H,28,30)(H,31,32). The number of hydrogen-bond donors (Lipinski definition) is 4. The van der Waals surface area contributed by atoms with Crippen molar-refractivity contribution >= 4 is 23.7 Å². The second kappa shape index (κ2) is 9.66. The van der Waals surface area contributed by atoms with Crippen LogP contribution in [0.3, 0.4) is 0 Å². The smallest absolute Gasteiger partial charge is 0.407 e. The molecule has 34 heavy (non-hydrogen) atoms. The minimum atomic E-state index is -1.27. The predicted molar refractivity (Wildman–Crippen MR) is 126 cm³/mol. The third-order valence-corrected chi connectivity index (χ3v) is 5.71. The molecule has 0 fully saturated rings. The Morgan fingerprint density at radius 1 is 0.971 bits per heavy atom. The summed E-state index contributed by atoms with van der Waals surface area (Å²) >= 11 is 0. The summed E-state index contributed by atoms with van der Waals surface area (Å²) in [6.45, 7) is 1.85. The molecular formula is C26H24N2O6. The van der Waals surface area contributed by atoms with Gasteiger partial charge in [0.05, 0.1) is 0 Å². The third-order valence-electron chi connectivity index (χ3n) is 5.71. The molecule has 0 aliphatic heterocycles. The number of carbonyl (C=O) groups is 3. The molecule has 0 heterocycles. The molecule has 2 amide bonds. The molecule has 4 N–H and O–H groups in total. The number of amides is 2. The number of aromatic hydroxyl groups is 1. The van der Waals surface area contributed by atoms with Gasteiger partial charge in [-0.05, 0) is 41.3 Å². The van der Waals surface area contributed by atoms with Crippen LogP contribution in [-0.2, 0) is 9.53 Å². The highest BCUT2D eigenvalue weighted by atomic mass is 16.5. The quantitative estimate of drug-likeness (QED) is 0.416. The third kappa shape index (κ3) is 4.85. The molecule has 0 aromatic heterocycles. The SMILES string of the molecule is CC(CC(=O)Nc1ccc(C(=O)O)c(O)c1)NC(=O)OCC1c2ccccc2-c2ccccc21. The van der Waals surface area contributed by atoms with Crippen LogP contribution >= 0.6 is 0 Å². The maximum Gasteiger partial charge on any atom is 0.407 e. The van der Waals surface area contributed by atoms with Gasteiger partial charge in [0.15, 0.2) is 0 Å². The number of rotatable bonds is 7. The first kappa shape index (κ1) is 22.8. The van der Waals surface area contributed by atoms with Gasteiger partial charge in [-0.15, -0.1) is 0 Å². The zero-order valence-corrected chi connectivity index (χ0v) is 18.4. The second-order valence-corrected chi connectivity index (χ2v) is 8.16. The summed E-state index contributed by atoms with van der Waals surface area (Å²) in [6.07, 6.45) is -0.656. The van der Waals surface area contributed by atoms with Crippen molar-refractivity contribution in [2.75, 3.05) is 11.9 Å². The van der Waals surface area contributed by atoms with E-state index in [1.807, 2.05) is 36.4 Å². The van der Waals surface area contributed by atoms with Gasteiger partial charge in [-0.25, -0.2) is 9.59 Å². The number of carboxylic acid groups (broad SMARTS) is 1. The number of fused-ring (bicyclic) bond motifs is 3. The molecule has 1 aliphatic carbocycles. The van der Waals surface area contributed by atoms with Crippen LogP contribution in [0.2, 0.25) is 0 Å². The van der Waals surface area contributed by atoms with E-state index in [0.717, 1.165) is 28.3 Å². The van der Waals surface area contributed by atoms with Gasteiger partial charge < -0.3 is 25.6 Å². The summed E-state index contributed by atoms with van der Waals surface area (Å²) in [5, 5.41) is 23.9. The maximum atomic E-state index is 12.4. The minimum absolute atomic E-state index is 0.0361. The molecule has 3 aromatic rings. The Kier molecular flexibility index (Phi) is 6.49. The number of hydrogen-bond acceptors (Lipinski definition) is 5. The molecule has 1 aliphatic rings. The summed E-state index contributed by atoms with van der Waals surface area (Å²) in [5.41, 5.74) is 4.49. The van der Waals surface area contributed by atoms with Crippen molar-refractivity contribution in [1.29, 1.82) is 0 Å². The lowest BCUT2D eigenvalue weighted by Gasteiger charge is -2.17. The molecule has 1 unspecified atom stereocenters. The molecule has 1 atom stereocenters. The second-order valence-electron chi connectivity index (χ2n) is 8.16. The van der Waals surface area contributed by atoms with Crippen molar-refractivity contribution in [3.63, 3.8) is 0 Å². The molecule has 0 saturated carbocycles. The van der Waals surface area contributed by atoms with E-state index in [0.29, 0.717) is 0 Å². The average Bonchev–Trinajstić information content (AvgIpc) is 3.11. The van der Waals surface area contributed by atoms with Crippen LogP contribution in [0.4, 0.5) is 10.5 Å². The molecule has 8 nitrogen and oxygen atoms in total. The fourth-order valence-corrected chi connectivity index (χ4v) is 4.17. The van der Waals surface area contributed by atoms with Gasteiger partial charge in [0.2, 0.25) is 5.91 Å². The van der Waals surface area contributed by atoms with E-state index in [-0.39, 0.29) is 30.2 Å². The van der Waals surface area contributed by atoms with Crippen molar-refractivity contribution in [1.82, 2.24) is 5.32 Å². The van der Waals surface area contributed by atoms with Crippen LogP contribution in [0.15, 0.2) is 66.7 Å². The van der Waals surface area contributed by atoms with E-state index < -0.39 is 29.8 Å². The Bertz CT molecular complexity index is 1210. The Balaban J connectivity index is 1.30. The van der Waals surface area contributed by atoms with Gasteiger partial charge in [0.1, 0.15) is 17.9 Å². The number of phenols is 1. The Morgan fingerprint density at radius 3 is 2.18 bits per heavy atom. The first-order chi connectivity index (χ1) is 16.3. The lowest BCUT2D eigenvalue weighted by atomic mass is 9.98. The van der Waals surface area contributed by atoms with E-state index >= 15 is 0 Å². The first-order valence-electron chi connectivity index (χ1n) is 10.8. The van der Waals surface area contributed by atoms with Gasteiger partial charge in [0.25, 0.3) is 0 Å². The largest absolute Gasteiger partial charge is 0.507 e. The van der Waals surface area contributed by atoms with Crippen LogP contribution in [0.1, 0.15) is 40.7 Å². The summed E-state index contributed by atoms with van der Waals surface area (Å²) in [7, 11) is 0. The molecule has 0 spiro atoms. The van der Waals surface area contributed by atoms with Crippen LogP contribution in [0.5, 0.6) is 5.75 Å². The monoisotopic (exact) mass is 460 g/mol. The number of nitrogens with one attached hydrogen (secondary N) is 2. The molecule has 0 bridgehead atoms. The summed E-state index contributed by atoms with van der Waals surface area (Å²) in [4.78, 5) is 35.6. The van der Waals surface area contributed by atoms with Gasteiger partial charge in [-0.2, -0.15) is 0 Å². The zero-order valence-electron chi connectivity index (χ0n) is 18.4. The fraction of sp³-hybridized carbons (Fsp3) is 0.192. The highest BCUT2D eigenvalue weighted by Gasteiger charge is 2.29. The van der Waals surface area contributed by atoms with Crippen molar-refractivity contribution in [3.8, 4) is 16.9 Å². The van der Waals surface area contributed by atoms with Crippen molar-refractivity contribution in [3.05, 3.63) is 83.4 Å². The lowest BCUT2D eigenvalue weighted by molar-refractivity contribution is -0.116. The number of benzene rings is 3. The molecule has 174 valence electrons. The molecule has 0 saturated heterocycles. The van der Waals surface area contributed by atoms with E-state index in [1.165, 1.54) is 12.1 Å². The number of carbonyl (C=O) groups excluding carboxylic acids is 2. The van der Waals surface area contributed by atoms with Gasteiger partial charge in [-0.3, -0.25) is 4.79 Å². The molecular weight excluding hydrogens is 436 g/mol. The van der Waals surface area contributed by atoms with E-state index in [2.05, 4.69) is 22.8 Å². The van der Waals surface area contributed by atoms with Gasteiger partial charge in [0, 0.05) is 30.1 Å². The van der Waals surface area contributed by atoms with Crippen molar-refractivity contribution < 1.29 is 29.3 Å². The van der Waals surface area contributed by atoms with Crippen molar-refractivity contribution in [2.45, 2.75) is 25.3 Å². The zero-order chi connectivity index (χ0) is 24.2. The predicted octanol–water partition coefficient (Wildman–Crippen LogP) is 4.35. The lowest BCUT2D eigenvalue weighted by Crippen LogP contribution is -2.36. The van der Waals surface area contributed by atoms with Crippen LogP contribution < -0.4 is 10.6 Å². The Labute approximate surface area is 196 Å². The average molecular weight is 460 g/mol. The summed E-state index contributed by atoms with van der Waals surface area (Å²) < 4.78 is 5.49. The number of anilines is 1. The van der Waals surface area contributed by atoms with Gasteiger partial charge in [-0.1, -0.05) is 48.5 Å². The maximum absolute atomic E-state index is 12.4. The molecule has 0 radical (unpaired) electrons.